The van der Waals surface area contributed by atoms with Crippen LogP contribution in [-0.4, -0.2) is 17.1 Å². The van der Waals surface area contributed by atoms with E-state index in [2.05, 4.69) is 5.32 Å². The SMILES string of the molecule is CC(C)Oc1ccc(C(=O)NCc2ccc(C(O)c3ccco3)s2)cc1. The normalized spacial score (nSPS) is 12.2. The molecule has 0 spiro atoms. The molecular weight excluding hydrogens is 350 g/mol. The molecule has 0 aliphatic rings. The van der Waals surface area contributed by atoms with Crippen molar-refractivity contribution in [3.8, 4) is 5.75 Å². The lowest BCUT2D eigenvalue weighted by molar-refractivity contribution is 0.0951. The van der Waals surface area contributed by atoms with Gasteiger partial charge in [0, 0.05) is 15.3 Å². The first-order valence-electron chi connectivity index (χ1n) is 8.38. The van der Waals surface area contributed by atoms with Crippen molar-refractivity contribution in [1.29, 1.82) is 0 Å². The topological polar surface area (TPSA) is 71.7 Å². The zero-order chi connectivity index (χ0) is 18.5. The van der Waals surface area contributed by atoms with Crippen molar-refractivity contribution >= 4 is 17.2 Å². The lowest BCUT2D eigenvalue weighted by atomic mass is 10.2. The van der Waals surface area contributed by atoms with Gasteiger partial charge < -0.3 is 19.6 Å². The minimum absolute atomic E-state index is 0.0965. The highest BCUT2D eigenvalue weighted by atomic mass is 32.1. The molecule has 0 aliphatic heterocycles. The number of thiophene rings is 1. The van der Waals surface area contributed by atoms with Crippen LogP contribution in [-0.2, 0) is 6.54 Å². The molecule has 0 fully saturated rings. The molecule has 0 saturated heterocycles. The number of carbonyl (C=O) groups is 1. The highest BCUT2D eigenvalue weighted by Gasteiger charge is 2.16. The van der Waals surface area contributed by atoms with Gasteiger partial charge in [-0.1, -0.05) is 0 Å². The summed E-state index contributed by atoms with van der Waals surface area (Å²) in [4.78, 5) is 14.0. The number of hydrogen-bond acceptors (Lipinski definition) is 5. The average Bonchev–Trinajstić information content (AvgIpc) is 3.31. The molecule has 0 bridgehead atoms. The molecule has 1 unspecified atom stereocenters. The van der Waals surface area contributed by atoms with Gasteiger partial charge in [0.05, 0.1) is 18.9 Å². The Morgan fingerprint density at radius 3 is 2.62 bits per heavy atom. The van der Waals surface area contributed by atoms with Gasteiger partial charge in [-0.2, -0.15) is 0 Å². The first kappa shape index (κ1) is 18.2. The Balaban J connectivity index is 1.56. The summed E-state index contributed by atoms with van der Waals surface area (Å²) in [7, 11) is 0. The Hall–Kier alpha value is -2.57. The third kappa shape index (κ3) is 4.53. The number of aliphatic hydroxyl groups is 1. The van der Waals surface area contributed by atoms with E-state index < -0.39 is 6.10 Å². The van der Waals surface area contributed by atoms with E-state index in [4.69, 9.17) is 9.15 Å². The standard InChI is InChI=1S/C20H21NO4S/c1-13(2)25-15-7-5-14(6-8-15)20(23)21-12-16-9-10-18(26-16)19(22)17-4-3-11-24-17/h3-11,13,19,22H,12H2,1-2H3,(H,21,23). The summed E-state index contributed by atoms with van der Waals surface area (Å²) in [5.74, 6) is 1.10. The van der Waals surface area contributed by atoms with E-state index in [0.717, 1.165) is 15.5 Å². The number of aliphatic hydroxyl groups excluding tert-OH is 1. The Morgan fingerprint density at radius 2 is 1.96 bits per heavy atom. The van der Waals surface area contributed by atoms with Gasteiger partial charge in [-0.25, -0.2) is 0 Å². The van der Waals surface area contributed by atoms with Gasteiger partial charge in [0.2, 0.25) is 0 Å². The van der Waals surface area contributed by atoms with Gasteiger partial charge in [0.1, 0.15) is 17.6 Å². The Kier molecular flexibility index (Phi) is 5.75. The largest absolute Gasteiger partial charge is 0.491 e. The predicted molar refractivity (Wildman–Crippen MR) is 100 cm³/mol. The summed E-state index contributed by atoms with van der Waals surface area (Å²) in [6.07, 6.45) is 0.845. The van der Waals surface area contributed by atoms with Crippen LogP contribution in [0, 0.1) is 0 Å². The average molecular weight is 371 g/mol. The lowest BCUT2D eigenvalue weighted by Gasteiger charge is -2.10. The van der Waals surface area contributed by atoms with Crippen LogP contribution in [0.15, 0.2) is 59.2 Å². The van der Waals surface area contributed by atoms with Crippen LogP contribution >= 0.6 is 11.3 Å². The summed E-state index contributed by atoms with van der Waals surface area (Å²) in [5.41, 5.74) is 0.577. The van der Waals surface area contributed by atoms with Crippen LogP contribution in [0.5, 0.6) is 5.75 Å². The van der Waals surface area contributed by atoms with Crippen LogP contribution in [0.1, 0.15) is 45.8 Å². The Morgan fingerprint density at radius 1 is 1.19 bits per heavy atom. The molecular formula is C20H21NO4S. The van der Waals surface area contributed by atoms with Crippen LogP contribution in [0.4, 0.5) is 0 Å². The van der Waals surface area contributed by atoms with Gasteiger partial charge in [0.25, 0.3) is 5.91 Å². The third-order valence-electron chi connectivity index (χ3n) is 3.68. The van der Waals surface area contributed by atoms with Crippen molar-refractivity contribution in [3.05, 3.63) is 75.9 Å². The second-order valence-corrected chi connectivity index (χ2v) is 7.30. The number of amides is 1. The molecule has 0 radical (unpaired) electrons. The van der Waals surface area contributed by atoms with Crippen LogP contribution in [0.25, 0.3) is 0 Å². The van der Waals surface area contributed by atoms with E-state index in [1.807, 2.05) is 26.0 Å². The second-order valence-electron chi connectivity index (χ2n) is 6.10. The van der Waals surface area contributed by atoms with Crippen LogP contribution in [0.3, 0.4) is 0 Å². The smallest absolute Gasteiger partial charge is 0.251 e. The first-order valence-corrected chi connectivity index (χ1v) is 9.19. The number of ether oxygens (including phenoxy) is 1. The van der Waals surface area contributed by atoms with Crippen LogP contribution in [0.2, 0.25) is 0 Å². The van der Waals surface area contributed by atoms with Gasteiger partial charge in [-0.3, -0.25) is 4.79 Å². The molecule has 0 aliphatic carbocycles. The summed E-state index contributed by atoms with van der Waals surface area (Å²) in [6.45, 7) is 4.32. The number of hydrogen-bond donors (Lipinski definition) is 2. The van der Waals surface area contributed by atoms with Crippen molar-refractivity contribution < 1.29 is 19.1 Å². The number of nitrogens with one attached hydrogen (secondary N) is 1. The minimum Gasteiger partial charge on any atom is -0.491 e. The van der Waals surface area contributed by atoms with Crippen molar-refractivity contribution in [1.82, 2.24) is 5.32 Å². The van der Waals surface area contributed by atoms with E-state index in [0.29, 0.717) is 17.9 Å². The fourth-order valence-corrected chi connectivity index (χ4v) is 3.40. The lowest BCUT2D eigenvalue weighted by Crippen LogP contribution is -2.22. The minimum atomic E-state index is -0.784. The first-order chi connectivity index (χ1) is 12.5. The molecule has 0 saturated carbocycles. The summed E-state index contributed by atoms with van der Waals surface area (Å²) in [6, 6.07) is 14.3. The summed E-state index contributed by atoms with van der Waals surface area (Å²) >= 11 is 1.44. The molecule has 136 valence electrons. The third-order valence-corrected chi connectivity index (χ3v) is 4.81. The molecule has 1 amide bonds. The van der Waals surface area contributed by atoms with E-state index in [1.165, 1.54) is 17.6 Å². The van der Waals surface area contributed by atoms with E-state index in [-0.39, 0.29) is 12.0 Å². The van der Waals surface area contributed by atoms with Crippen molar-refractivity contribution in [2.75, 3.05) is 0 Å². The van der Waals surface area contributed by atoms with E-state index in [9.17, 15) is 9.90 Å². The number of furan rings is 1. The monoisotopic (exact) mass is 371 g/mol. The molecule has 1 atom stereocenters. The molecule has 3 aromatic rings. The molecule has 2 heterocycles. The Labute approximate surface area is 156 Å². The fourth-order valence-electron chi connectivity index (χ4n) is 2.45. The zero-order valence-corrected chi connectivity index (χ0v) is 15.5. The highest BCUT2D eigenvalue weighted by molar-refractivity contribution is 7.12. The van der Waals surface area contributed by atoms with Crippen molar-refractivity contribution in [3.63, 3.8) is 0 Å². The number of carbonyl (C=O) groups excluding carboxylic acids is 1. The number of benzene rings is 1. The van der Waals surface area contributed by atoms with Crippen molar-refractivity contribution in [2.45, 2.75) is 32.6 Å². The summed E-state index contributed by atoms with van der Waals surface area (Å²) in [5, 5.41) is 13.1. The molecule has 26 heavy (non-hydrogen) atoms. The van der Waals surface area contributed by atoms with Crippen LogP contribution < -0.4 is 10.1 Å². The molecule has 5 nitrogen and oxygen atoms in total. The van der Waals surface area contributed by atoms with E-state index in [1.54, 1.807) is 36.4 Å². The van der Waals surface area contributed by atoms with Gasteiger partial charge in [-0.05, 0) is 62.4 Å². The van der Waals surface area contributed by atoms with Gasteiger partial charge in [-0.15, -0.1) is 11.3 Å². The highest BCUT2D eigenvalue weighted by Crippen LogP contribution is 2.28. The second kappa shape index (κ2) is 8.21. The van der Waals surface area contributed by atoms with Gasteiger partial charge >= 0.3 is 0 Å². The Bertz CT molecular complexity index is 837. The number of rotatable bonds is 7. The van der Waals surface area contributed by atoms with E-state index >= 15 is 0 Å². The molecule has 2 aromatic heterocycles. The quantitative estimate of drug-likeness (QED) is 0.655. The molecule has 1 aromatic carbocycles. The zero-order valence-electron chi connectivity index (χ0n) is 14.6. The molecule has 6 heteroatoms. The molecule has 3 rings (SSSR count). The maximum atomic E-state index is 12.3. The van der Waals surface area contributed by atoms with Crippen molar-refractivity contribution in [2.24, 2.45) is 0 Å². The maximum absolute atomic E-state index is 12.3. The van der Waals surface area contributed by atoms with Gasteiger partial charge in [0.15, 0.2) is 0 Å². The molecule has 2 N–H and O–H groups in total. The maximum Gasteiger partial charge on any atom is 0.251 e. The predicted octanol–water partition coefficient (Wildman–Crippen LogP) is 4.14. The fraction of sp³-hybridized carbons (Fsp3) is 0.250. The summed E-state index contributed by atoms with van der Waals surface area (Å²) < 4.78 is 10.8.